The average Bonchev–Trinajstić information content (AvgIpc) is 2.97. The van der Waals surface area contributed by atoms with E-state index in [9.17, 15) is 14.9 Å². The van der Waals surface area contributed by atoms with Crippen LogP contribution >= 0.6 is 11.3 Å². The maximum absolute atomic E-state index is 12.1. The van der Waals surface area contributed by atoms with E-state index >= 15 is 0 Å². The summed E-state index contributed by atoms with van der Waals surface area (Å²) in [6.07, 6.45) is 1.32. The van der Waals surface area contributed by atoms with Gasteiger partial charge >= 0.3 is 0 Å². The van der Waals surface area contributed by atoms with Crippen LogP contribution in [0, 0.1) is 10.1 Å². The highest BCUT2D eigenvalue weighted by Crippen LogP contribution is 2.20. The maximum Gasteiger partial charge on any atom is 0.287 e. The van der Waals surface area contributed by atoms with Gasteiger partial charge in [-0.05, 0) is 18.4 Å². The fourth-order valence-corrected chi connectivity index (χ4v) is 2.49. The van der Waals surface area contributed by atoms with E-state index in [0.717, 1.165) is 4.88 Å². The van der Waals surface area contributed by atoms with Gasteiger partial charge in [-0.25, -0.2) is 0 Å². The SMILES string of the molecule is C[C@H](NC(=O)c1cc([N+](=O)[O-])cn1C)c1cccs1. The number of aromatic nitrogens is 1. The van der Waals surface area contributed by atoms with Gasteiger partial charge in [0.25, 0.3) is 11.6 Å². The Morgan fingerprint density at radius 2 is 2.32 bits per heavy atom. The first-order valence-corrected chi connectivity index (χ1v) is 6.52. The van der Waals surface area contributed by atoms with Gasteiger partial charge in [0.1, 0.15) is 5.69 Å². The molecule has 0 bridgehead atoms. The Kier molecular flexibility index (Phi) is 3.66. The molecule has 0 aromatic carbocycles. The molecule has 0 aliphatic rings. The quantitative estimate of drug-likeness (QED) is 0.690. The second-order valence-corrected chi connectivity index (χ2v) is 5.14. The van der Waals surface area contributed by atoms with Crippen LogP contribution < -0.4 is 5.32 Å². The van der Waals surface area contributed by atoms with Crippen molar-refractivity contribution in [2.45, 2.75) is 13.0 Å². The predicted molar refractivity (Wildman–Crippen MR) is 72.3 cm³/mol. The Labute approximate surface area is 113 Å². The van der Waals surface area contributed by atoms with E-state index in [1.165, 1.54) is 16.8 Å². The van der Waals surface area contributed by atoms with Crippen LogP contribution in [-0.4, -0.2) is 15.4 Å². The van der Waals surface area contributed by atoms with Crippen LogP contribution in [0.25, 0.3) is 0 Å². The van der Waals surface area contributed by atoms with Gasteiger partial charge in [0.2, 0.25) is 0 Å². The first-order chi connectivity index (χ1) is 8.99. The van der Waals surface area contributed by atoms with Crippen LogP contribution in [-0.2, 0) is 7.05 Å². The van der Waals surface area contributed by atoms with Gasteiger partial charge in [0, 0.05) is 18.0 Å². The number of aryl methyl sites for hydroxylation is 1. The molecular formula is C12H13N3O3S. The molecule has 0 fully saturated rings. The van der Waals surface area contributed by atoms with Crippen molar-refractivity contribution in [1.82, 2.24) is 9.88 Å². The molecule has 0 spiro atoms. The second kappa shape index (κ2) is 5.23. The van der Waals surface area contributed by atoms with E-state index < -0.39 is 4.92 Å². The van der Waals surface area contributed by atoms with Gasteiger partial charge in [-0.15, -0.1) is 11.3 Å². The lowest BCUT2D eigenvalue weighted by Gasteiger charge is -2.12. The molecule has 2 aromatic rings. The number of hydrogen-bond donors (Lipinski definition) is 1. The van der Waals surface area contributed by atoms with Crippen molar-refractivity contribution in [3.8, 4) is 0 Å². The minimum absolute atomic E-state index is 0.0866. The van der Waals surface area contributed by atoms with Crippen molar-refractivity contribution in [3.05, 3.63) is 50.5 Å². The zero-order valence-electron chi connectivity index (χ0n) is 10.5. The molecule has 1 N–H and O–H groups in total. The molecule has 0 saturated carbocycles. The molecule has 1 atom stereocenters. The number of carbonyl (C=O) groups excluding carboxylic acids is 1. The van der Waals surface area contributed by atoms with Crippen molar-refractivity contribution in [3.63, 3.8) is 0 Å². The molecular weight excluding hydrogens is 266 g/mol. The fraction of sp³-hybridized carbons (Fsp3) is 0.250. The van der Waals surface area contributed by atoms with Crippen molar-refractivity contribution < 1.29 is 9.72 Å². The van der Waals surface area contributed by atoms with Crippen molar-refractivity contribution in [1.29, 1.82) is 0 Å². The summed E-state index contributed by atoms with van der Waals surface area (Å²) < 4.78 is 1.45. The topological polar surface area (TPSA) is 77.2 Å². The molecule has 1 amide bonds. The summed E-state index contributed by atoms with van der Waals surface area (Å²) >= 11 is 1.55. The minimum Gasteiger partial charge on any atom is -0.343 e. The van der Waals surface area contributed by atoms with Crippen molar-refractivity contribution in [2.24, 2.45) is 7.05 Å². The summed E-state index contributed by atoms with van der Waals surface area (Å²) in [5.41, 5.74) is 0.187. The smallest absolute Gasteiger partial charge is 0.287 e. The molecule has 6 nitrogen and oxygen atoms in total. The monoisotopic (exact) mass is 279 g/mol. The summed E-state index contributed by atoms with van der Waals surface area (Å²) in [7, 11) is 1.61. The zero-order valence-corrected chi connectivity index (χ0v) is 11.3. The average molecular weight is 279 g/mol. The highest BCUT2D eigenvalue weighted by molar-refractivity contribution is 7.10. The summed E-state index contributed by atoms with van der Waals surface area (Å²) in [5.74, 6) is -0.323. The summed E-state index contributed by atoms with van der Waals surface area (Å²) in [5, 5.41) is 15.4. The number of carbonyl (C=O) groups is 1. The van der Waals surface area contributed by atoms with E-state index in [-0.39, 0.29) is 23.3 Å². The Balaban J connectivity index is 2.14. The Bertz CT molecular complexity index is 604. The summed E-state index contributed by atoms with van der Waals surface area (Å²) in [6.45, 7) is 1.88. The van der Waals surface area contributed by atoms with E-state index in [1.807, 2.05) is 24.4 Å². The molecule has 19 heavy (non-hydrogen) atoms. The summed E-state index contributed by atoms with van der Waals surface area (Å²) in [4.78, 5) is 23.2. The van der Waals surface area contributed by atoms with Gasteiger partial charge < -0.3 is 9.88 Å². The van der Waals surface area contributed by atoms with E-state index in [2.05, 4.69) is 5.32 Å². The standard InChI is InChI=1S/C12H13N3O3S/c1-8(11-4-3-5-19-11)13-12(16)10-6-9(15(17)18)7-14(10)2/h3-8H,1-2H3,(H,13,16)/t8-/m0/s1. The molecule has 0 saturated heterocycles. The second-order valence-electron chi connectivity index (χ2n) is 4.16. The number of amides is 1. The van der Waals surface area contributed by atoms with Gasteiger partial charge in [-0.3, -0.25) is 14.9 Å². The molecule has 2 rings (SSSR count). The molecule has 0 unspecified atom stereocenters. The first kappa shape index (κ1) is 13.3. The number of nitrogens with zero attached hydrogens (tertiary/aromatic N) is 2. The third-order valence-corrected chi connectivity index (χ3v) is 3.81. The third-order valence-electron chi connectivity index (χ3n) is 2.75. The fourth-order valence-electron chi connectivity index (χ4n) is 1.75. The van der Waals surface area contributed by atoms with Crippen LogP contribution in [0.1, 0.15) is 28.3 Å². The minimum atomic E-state index is -0.514. The van der Waals surface area contributed by atoms with E-state index in [4.69, 9.17) is 0 Å². The number of rotatable bonds is 4. The number of nitrogens with one attached hydrogen (secondary N) is 1. The molecule has 0 aliphatic carbocycles. The van der Waals surface area contributed by atoms with Gasteiger partial charge in [-0.2, -0.15) is 0 Å². The first-order valence-electron chi connectivity index (χ1n) is 5.64. The number of hydrogen-bond acceptors (Lipinski definition) is 4. The molecule has 100 valence electrons. The highest BCUT2D eigenvalue weighted by atomic mass is 32.1. The predicted octanol–water partition coefficient (Wildman–Crippen LogP) is 2.49. The lowest BCUT2D eigenvalue weighted by Crippen LogP contribution is -2.27. The Morgan fingerprint density at radius 1 is 1.58 bits per heavy atom. The molecule has 0 aliphatic heterocycles. The van der Waals surface area contributed by atoms with Crippen LogP contribution in [0.3, 0.4) is 0 Å². The number of thiophene rings is 1. The van der Waals surface area contributed by atoms with Crippen LogP contribution in [0.4, 0.5) is 5.69 Å². The summed E-state index contributed by atoms with van der Waals surface area (Å²) in [6, 6.07) is 5.00. The van der Waals surface area contributed by atoms with Crippen LogP contribution in [0.15, 0.2) is 29.8 Å². The number of nitro groups is 1. The molecule has 2 aromatic heterocycles. The third kappa shape index (κ3) is 2.82. The van der Waals surface area contributed by atoms with E-state index in [1.54, 1.807) is 18.4 Å². The van der Waals surface area contributed by atoms with Gasteiger partial charge in [0.05, 0.1) is 17.2 Å². The Hall–Kier alpha value is -2.15. The zero-order chi connectivity index (χ0) is 14.0. The lowest BCUT2D eigenvalue weighted by atomic mass is 10.2. The molecule has 0 radical (unpaired) electrons. The molecule has 7 heteroatoms. The molecule has 2 heterocycles. The Morgan fingerprint density at radius 3 is 2.84 bits per heavy atom. The van der Waals surface area contributed by atoms with Crippen molar-refractivity contribution >= 4 is 22.9 Å². The van der Waals surface area contributed by atoms with Crippen molar-refractivity contribution in [2.75, 3.05) is 0 Å². The maximum atomic E-state index is 12.1. The van der Waals surface area contributed by atoms with Crippen LogP contribution in [0.2, 0.25) is 0 Å². The lowest BCUT2D eigenvalue weighted by molar-refractivity contribution is -0.384. The van der Waals surface area contributed by atoms with Crippen LogP contribution in [0.5, 0.6) is 0 Å². The normalized spacial score (nSPS) is 12.1. The van der Waals surface area contributed by atoms with Gasteiger partial charge in [-0.1, -0.05) is 6.07 Å². The van der Waals surface area contributed by atoms with E-state index in [0.29, 0.717) is 0 Å². The van der Waals surface area contributed by atoms with Gasteiger partial charge in [0.15, 0.2) is 0 Å². The largest absolute Gasteiger partial charge is 0.343 e. The highest BCUT2D eigenvalue weighted by Gasteiger charge is 2.19.